The van der Waals surface area contributed by atoms with Crippen LogP contribution in [0.2, 0.25) is 10.4 Å². The first-order chi connectivity index (χ1) is 7.65. The minimum atomic E-state index is -0.0108. The molecule has 0 bridgehead atoms. The predicted molar refractivity (Wildman–Crippen MR) is 62.6 cm³/mol. The molecular weight excluding hydrogens is 249 g/mol. The fourth-order valence-corrected chi connectivity index (χ4v) is 2.28. The largest absolute Gasteiger partial charge is 0.310 e. The van der Waals surface area contributed by atoms with E-state index in [1.54, 1.807) is 0 Å². The molecule has 1 aliphatic carbocycles. The number of rotatable bonds is 2. The Morgan fingerprint density at radius 3 is 2.62 bits per heavy atom. The third-order valence-electron chi connectivity index (χ3n) is 2.64. The molecule has 1 heterocycles. The van der Waals surface area contributed by atoms with Gasteiger partial charge in [-0.05, 0) is 24.4 Å². The van der Waals surface area contributed by atoms with Crippen LogP contribution in [0.3, 0.4) is 0 Å². The lowest BCUT2D eigenvalue weighted by Crippen LogP contribution is -2.21. The van der Waals surface area contributed by atoms with E-state index in [0.29, 0.717) is 5.82 Å². The molecule has 0 radical (unpaired) electrons. The van der Waals surface area contributed by atoms with Crippen LogP contribution in [0.15, 0.2) is 6.07 Å². The van der Waals surface area contributed by atoms with Crippen molar-refractivity contribution < 1.29 is 4.79 Å². The van der Waals surface area contributed by atoms with E-state index in [4.69, 9.17) is 23.2 Å². The van der Waals surface area contributed by atoms with Gasteiger partial charge in [-0.3, -0.25) is 4.79 Å². The van der Waals surface area contributed by atoms with Gasteiger partial charge < -0.3 is 5.32 Å². The maximum Gasteiger partial charge on any atom is 0.228 e. The van der Waals surface area contributed by atoms with Gasteiger partial charge in [0.15, 0.2) is 0 Å². The molecule has 6 heteroatoms. The number of hydrogen-bond donors (Lipinski definition) is 1. The zero-order chi connectivity index (χ0) is 11.5. The number of amides is 1. The highest BCUT2D eigenvalue weighted by atomic mass is 35.5. The molecule has 1 saturated carbocycles. The predicted octanol–water partition coefficient (Wildman–Crippen LogP) is 2.91. The van der Waals surface area contributed by atoms with Crippen LogP contribution in [0.5, 0.6) is 0 Å². The molecule has 4 nitrogen and oxygen atoms in total. The number of nitrogens with zero attached hydrogens (tertiary/aromatic N) is 2. The molecule has 1 fully saturated rings. The Balaban J connectivity index is 2.05. The SMILES string of the molecule is O=C(Nc1cc(Cl)nc(Cl)n1)C1CCCC1. The summed E-state index contributed by atoms with van der Waals surface area (Å²) >= 11 is 11.3. The first-order valence-corrected chi connectivity index (χ1v) is 5.91. The zero-order valence-corrected chi connectivity index (χ0v) is 10.1. The molecule has 1 N–H and O–H groups in total. The van der Waals surface area contributed by atoms with E-state index in [9.17, 15) is 4.79 Å². The molecule has 0 aromatic carbocycles. The summed E-state index contributed by atoms with van der Waals surface area (Å²) < 4.78 is 0. The van der Waals surface area contributed by atoms with Crippen molar-refractivity contribution >= 4 is 34.9 Å². The highest BCUT2D eigenvalue weighted by Crippen LogP contribution is 2.26. The summed E-state index contributed by atoms with van der Waals surface area (Å²) in [4.78, 5) is 19.4. The molecule has 1 aliphatic rings. The van der Waals surface area contributed by atoms with Gasteiger partial charge >= 0.3 is 0 Å². The Labute approximate surface area is 103 Å². The molecular formula is C10H11Cl2N3O. The molecule has 0 aliphatic heterocycles. The van der Waals surface area contributed by atoms with Gasteiger partial charge in [0.1, 0.15) is 11.0 Å². The second-order valence-corrected chi connectivity index (χ2v) is 4.54. The molecule has 0 spiro atoms. The lowest BCUT2D eigenvalue weighted by molar-refractivity contribution is -0.119. The summed E-state index contributed by atoms with van der Waals surface area (Å²) in [5.74, 6) is 0.442. The third kappa shape index (κ3) is 2.83. The first-order valence-electron chi connectivity index (χ1n) is 5.16. The molecule has 0 saturated heterocycles. The second kappa shape index (κ2) is 4.97. The van der Waals surface area contributed by atoms with Crippen molar-refractivity contribution in [1.82, 2.24) is 9.97 Å². The van der Waals surface area contributed by atoms with Crippen LogP contribution in [-0.2, 0) is 4.79 Å². The maximum atomic E-state index is 11.8. The van der Waals surface area contributed by atoms with E-state index in [2.05, 4.69) is 15.3 Å². The van der Waals surface area contributed by atoms with Crippen LogP contribution in [0, 0.1) is 5.92 Å². The minimum Gasteiger partial charge on any atom is -0.310 e. The number of nitrogens with one attached hydrogen (secondary N) is 1. The number of hydrogen-bond acceptors (Lipinski definition) is 3. The van der Waals surface area contributed by atoms with Gasteiger partial charge in [0.2, 0.25) is 11.2 Å². The number of carbonyl (C=O) groups excluding carboxylic acids is 1. The summed E-state index contributed by atoms with van der Waals surface area (Å²) in [6, 6.07) is 1.49. The Morgan fingerprint density at radius 1 is 1.31 bits per heavy atom. The van der Waals surface area contributed by atoms with Gasteiger partial charge in [0.05, 0.1) is 0 Å². The lowest BCUT2D eigenvalue weighted by atomic mass is 10.1. The van der Waals surface area contributed by atoms with Crippen molar-refractivity contribution in [2.24, 2.45) is 5.92 Å². The Bertz CT molecular complexity index is 385. The third-order valence-corrected chi connectivity index (χ3v) is 3.01. The van der Waals surface area contributed by atoms with E-state index in [-0.39, 0.29) is 22.3 Å². The summed E-state index contributed by atoms with van der Waals surface area (Å²) in [6.45, 7) is 0. The highest BCUT2D eigenvalue weighted by molar-refractivity contribution is 6.32. The number of anilines is 1. The fraction of sp³-hybridized carbons (Fsp3) is 0.500. The van der Waals surface area contributed by atoms with E-state index >= 15 is 0 Å². The van der Waals surface area contributed by atoms with Crippen molar-refractivity contribution in [2.75, 3.05) is 5.32 Å². The van der Waals surface area contributed by atoms with Gasteiger partial charge in [0.25, 0.3) is 0 Å². The van der Waals surface area contributed by atoms with Crippen molar-refractivity contribution in [1.29, 1.82) is 0 Å². The van der Waals surface area contributed by atoms with Gasteiger partial charge in [-0.15, -0.1) is 0 Å². The van der Waals surface area contributed by atoms with Gasteiger partial charge in [-0.1, -0.05) is 24.4 Å². The average Bonchev–Trinajstić information content (AvgIpc) is 2.68. The Hall–Kier alpha value is -0.870. The molecule has 2 rings (SSSR count). The quantitative estimate of drug-likeness (QED) is 0.657. The smallest absolute Gasteiger partial charge is 0.228 e. The van der Waals surface area contributed by atoms with E-state index in [1.165, 1.54) is 6.07 Å². The van der Waals surface area contributed by atoms with E-state index in [1.807, 2.05) is 0 Å². The van der Waals surface area contributed by atoms with Crippen LogP contribution in [0.1, 0.15) is 25.7 Å². The summed E-state index contributed by atoms with van der Waals surface area (Å²) in [7, 11) is 0. The van der Waals surface area contributed by atoms with Gasteiger partial charge in [-0.25, -0.2) is 9.97 Å². The lowest BCUT2D eigenvalue weighted by Gasteiger charge is -2.09. The molecule has 1 amide bonds. The van der Waals surface area contributed by atoms with Gasteiger partial charge in [0, 0.05) is 12.0 Å². The first kappa shape index (κ1) is 11.6. The molecule has 1 aromatic rings. The molecule has 1 aromatic heterocycles. The topological polar surface area (TPSA) is 54.9 Å². The van der Waals surface area contributed by atoms with Crippen LogP contribution in [0.25, 0.3) is 0 Å². The molecule has 0 atom stereocenters. The standard InChI is InChI=1S/C10H11Cl2N3O/c11-7-5-8(15-10(12)13-7)14-9(16)6-3-1-2-4-6/h5-6H,1-4H2,(H,13,14,15,16). The summed E-state index contributed by atoms with van der Waals surface area (Å²) in [5.41, 5.74) is 0. The summed E-state index contributed by atoms with van der Waals surface area (Å²) in [6.07, 6.45) is 4.11. The fourth-order valence-electron chi connectivity index (χ4n) is 1.87. The number of aromatic nitrogens is 2. The Morgan fingerprint density at radius 2 is 2.00 bits per heavy atom. The van der Waals surface area contributed by atoms with Crippen LogP contribution in [0.4, 0.5) is 5.82 Å². The van der Waals surface area contributed by atoms with Crippen LogP contribution in [-0.4, -0.2) is 15.9 Å². The van der Waals surface area contributed by atoms with Crippen LogP contribution < -0.4 is 5.32 Å². The van der Waals surface area contributed by atoms with Crippen LogP contribution >= 0.6 is 23.2 Å². The average molecular weight is 260 g/mol. The van der Waals surface area contributed by atoms with E-state index in [0.717, 1.165) is 25.7 Å². The van der Waals surface area contributed by atoms with Crippen molar-refractivity contribution in [2.45, 2.75) is 25.7 Å². The monoisotopic (exact) mass is 259 g/mol. The normalized spacial score (nSPS) is 16.4. The number of carbonyl (C=O) groups is 1. The zero-order valence-electron chi connectivity index (χ0n) is 8.54. The molecule has 86 valence electrons. The van der Waals surface area contributed by atoms with Crippen molar-refractivity contribution in [3.05, 3.63) is 16.5 Å². The minimum absolute atomic E-state index is 0.0108. The molecule has 0 unspecified atom stereocenters. The molecule has 16 heavy (non-hydrogen) atoms. The second-order valence-electron chi connectivity index (χ2n) is 3.82. The summed E-state index contributed by atoms with van der Waals surface area (Å²) in [5, 5.41) is 2.97. The number of halogens is 2. The Kier molecular flexibility index (Phi) is 3.61. The van der Waals surface area contributed by atoms with Crippen molar-refractivity contribution in [3.8, 4) is 0 Å². The maximum absolute atomic E-state index is 11.8. The highest BCUT2D eigenvalue weighted by Gasteiger charge is 2.23. The van der Waals surface area contributed by atoms with Crippen molar-refractivity contribution in [3.63, 3.8) is 0 Å². The van der Waals surface area contributed by atoms with Gasteiger partial charge in [-0.2, -0.15) is 0 Å². The van der Waals surface area contributed by atoms with E-state index < -0.39 is 0 Å².